The number of allylic oxidation sites excluding steroid dienone is 10. The summed E-state index contributed by atoms with van der Waals surface area (Å²) in [5, 5.41) is 4.43. The molecule has 1 heterocycles. The summed E-state index contributed by atoms with van der Waals surface area (Å²) < 4.78 is 0. The molecule has 1 aromatic heterocycles. The van der Waals surface area contributed by atoms with Gasteiger partial charge >= 0.3 is 0 Å². The minimum Gasteiger partial charge on any atom is -0.152 e. The Kier molecular flexibility index (Phi) is 17.6. The van der Waals surface area contributed by atoms with Crippen molar-refractivity contribution in [3.05, 3.63) is 80.6 Å². The summed E-state index contributed by atoms with van der Waals surface area (Å²) in [4.78, 5) is 0. The topological polar surface area (TPSA) is 0 Å². The lowest BCUT2D eigenvalue weighted by atomic mass is 10.0. The monoisotopic (exact) mass is 494 g/mol. The first-order valence-electron chi connectivity index (χ1n) is 14.1. The highest BCUT2D eigenvalue weighted by Crippen LogP contribution is 2.17. The molecular formula is C34H54S. The van der Waals surface area contributed by atoms with E-state index < -0.39 is 0 Å². The van der Waals surface area contributed by atoms with Gasteiger partial charge in [0.1, 0.15) is 0 Å². The van der Waals surface area contributed by atoms with Crippen LogP contribution >= 0.6 is 11.3 Å². The molecule has 0 atom stereocenters. The second-order valence-corrected chi connectivity index (χ2v) is 11.8. The smallest absolute Gasteiger partial charge is 0.00611 e. The fourth-order valence-corrected chi connectivity index (χ4v) is 4.83. The maximum Gasteiger partial charge on any atom is -0.00611 e. The summed E-state index contributed by atoms with van der Waals surface area (Å²) in [5.41, 5.74) is 9.18. The number of aryl methyl sites for hydroxylation is 1. The molecule has 196 valence electrons. The van der Waals surface area contributed by atoms with E-state index in [1.165, 1.54) is 99.3 Å². The van der Waals surface area contributed by atoms with Crippen LogP contribution in [0.2, 0.25) is 0 Å². The predicted molar refractivity (Wildman–Crippen MR) is 162 cm³/mol. The molecule has 1 rings (SSSR count). The van der Waals surface area contributed by atoms with Gasteiger partial charge in [0, 0.05) is 0 Å². The van der Waals surface area contributed by atoms with Crippen LogP contribution < -0.4 is 0 Å². The summed E-state index contributed by atoms with van der Waals surface area (Å²) in [5.74, 6) is 0.805. The number of rotatable bonds is 18. The summed E-state index contributed by atoms with van der Waals surface area (Å²) >= 11 is 1.80. The number of thiophene rings is 1. The molecule has 0 nitrogen and oxygen atoms in total. The first-order valence-corrected chi connectivity index (χ1v) is 15.0. The molecule has 0 bridgehead atoms. The van der Waals surface area contributed by atoms with Gasteiger partial charge in [-0.15, -0.1) is 0 Å². The third-order valence-corrected chi connectivity index (χ3v) is 7.48. The molecule has 0 aliphatic heterocycles. The minimum atomic E-state index is 0.805. The van der Waals surface area contributed by atoms with Crippen molar-refractivity contribution in [2.75, 3.05) is 0 Å². The first-order chi connectivity index (χ1) is 16.8. The molecule has 0 saturated heterocycles. The van der Waals surface area contributed by atoms with Crippen LogP contribution in [0.5, 0.6) is 0 Å². The molecule has 0 amide bonds. The van der Waals surface area contributed by atoms with Gasteiger partial charge in [-0.05, 0) is 140 Å². The Balaban J connectivity index is 2.18. The van der Waals surface area contributed by atoms with Crippen molar-refractivity contribution in [3.63, 3.8) is 0 Å². The number of hydrogen-bond donors (Lipinski definition) is 0. The molecule has 0 aromatic carbocycles. The van der Waals surface area contributed by atoms with Crippen LogP contribution in [0.25, 0.3) is 0 Å². The van der Waals surface area contributed by atoms with E-state index in [9.17, 15) is 0 Å². The van der Waals surface area contributed by atoms with Gasteiger partial charge in [-0.1, -0.05) is 72.1 Å². The van der Waals surface area contributed by atoms with E-state index in [0.29, 0.717) is 0 Å². The zero-order valence-corrected chi connectivity index (χ0v) is 24.9. The van der Waals surface area contributed by atoms with Crippen molar-refractivity contribution in [2.45, 2.75) is 126 Å². The van der Waals surface area contributed by atoms with Crippen LogP contribution in [0.3, 0.4) is 0 Å². The predicted octanol–water partition coefficient (Wildman–Crippen LogP) is 12.0. The van der Waals surface area contributed by atoms with Crippen LogP contribution in [0.4, 0.5) is 0 Å². The Morgan fingerprint density at radius 1 is 0.629 bits per heavy atom. The van der Waals surface area contributed by atoms with Gasteiger partial charge in [0.15, 0.2) is 0 Å². The zero-order valence-electron chi connectivity index (χ0n) is 24.1. The second kappa shape index (κ2) is 19.6. The van der Waals surface area contributed by atoms with E-state index in [2.05, 4.69) is 95.7 Å². The minimum absolute atomic E-state index is 0.805. The van der Waals surface area contributed by atoms with Gasteiger partial charge in [-0.2, -0.15) is 11.3 Å². The van der Waals surface area contributed by atoms with Gasteiger partial charge in [-0.25, -0.2) is 0 Å². The molecule has 0 saturated carbocycles. The van der Waals surface area contributed by atoms with E-state index >= 15 is 0 Å². The highest BCUT2D eigenvalue weighted by Gasteiger charge is 1.97. The van der Waals surface area contributed by atoms with Crippen LogP contribution in [-0.2, 0) is 6.42 Å². The maximum atomic E-state index is 2.46. The zero-order chi connectivity index (χ0) is 25.9. The molecule has 0 unspecified atom stereocenters. The van der Waals surface area contributed by atoms with Crippen molar-refractivity contribution in [1.82, 2.24) is 0 Å². The Hall–Kier alpha value is -1.60. The molecule has 1 aromatic rings. The highest BCUT2D eigenvalue weighted by atomic mass is 32.1. The summed E-state index contributed by atoms with van der Waals surface area (Å²) in [7, 11) is 0. The van der Waals surface area contributed by atoms with E-state index in [4.69, 9.17) is 0 Å². The Labute approximate surface area is 223 Å². The molecule has 0 radical (unpaired) electrons. The lowest BCUT2D eigenvalue weighted by Gasteiger charge is -2.05. The number of hydrogen-bond acceptors (Lipinski definition) is 1. The Bertz CT molecular complexity index is 824. The Morgan fingerprint density at radius 3 is 1.40 bits per heavy atom. The molecule has 0 aliphatic carbocycles. The van der Waals surface area contributed by atoms with Crippen LogP contribution in [0, 0.1) is 5.92 Å². The van der Waals surface area contributed by atoms with Crippen molar-refractivity contribution in [3.8, 4) is 0 Å². The quantitative estimate of drug-likeness (QED) is 0.178. The van der Waals surface area contributed by atoms with Gasteiger partial charge in [0.2, 0.25) is 0 Å². The van der Waals surface area contributed by atoms with Crippen molar-refractivity contribution >= 4 is 11.3 Å². The molecule has 0 spiro atoms. The standard InChI is InChI=1S/C34H54S/c1-28(2)23-24-33(7)20-11-19-31(5)16-9-15-29(3)13-8-14-30(4)17-10-18-32(6)21-12-22-34-25-26-35-27-34/h13,16-17,20-21,25-28H,8-12,14-15,18-19,22-24H2,1-7H3/b29-13+,30-17+,31-16+,32-21+,33-20+. The van der Waals surface area contributed by atoms with E-state index in [1.54, 1.807) is 22.5 Å². The summed E-state index contributed by atoms with van der Waals surface area (Å²) in [6.45, 7) is 16.1. The SMILES string of the molecule is C/C(=C\CC/C(C)=C/CC/C(C)=C/CCc1ccsc1)CC/C=C(\C)CC/C=C(\C)CCC(C)C. The van der Waals surface area contributed by atoms with E-state index in [0.717, 1.165) is 5.92 Å². The lowest BCUT2D eigenvalue weighted by Crippen LogP contribution is -1.88. The van der Waals surface area contributed by atoms with E-state index in [-0.39, 0.29) is 0 Å². The molecule has 1 heteroatoms. The van der Waals surface area contributed by atoms with Crippen LogP contribution in [0.15, 0.2) is 75.1 Å². The van der Waals surface area contributed by atoms with Gasteiger partial charge in [0.25, 0.3) is 0 Å². The second-order valence-electron chi connectivity index (χ2n) is 11.0. The fraction of sp³-hybridized carbons (Fsp3) is 0.588. The van der Waals surface area contributed by atoms with Gasteiger partial charge < -0.3 is 0 Å². The third kappa shape index (κ3) is 18.3. The largest absolute Gasteiger partial charge is 0.152 e. The van der Waals surface area contributed by atoms with E-state index in [1.807, 2.05) is 0 Å². The normalized spacial score (nSPS) is 14.3. The molecule has 35 heavy (non-hydrogen) atoms. The van der Waals surface area contributed by atoms with Crippen molar-refractivity contribution in [2.24, 2.45) is 5.92 Å². The molecular weight excluding hydrogens is 440 g/mol. The van der Waals surface area contributed by atoms with Crippen LogP contribution in [0.1, 0.15) is 125 Å². The maximum absolute atomic E-state index is 2.46. The molecule has 0 fully saturated rings. The third-order valence-electron chi connectivity index (χ3n) is 6.75. The first kappa shape index (κ1) is 31.4. The fourth-order valence-electron chi connectivity index (χ4n) is 4.13. The van der Waals surface area contributed by atoms with Crippen LogP contribution in [-0.4, -0.2) is 0 Å². The van der Waals surface area contributed by atoms with Gasteiger partial charge in [0.05, 0.1) is 0 Å². The van der Waals surface area contributed by atoms with Crippen molar-refractivity contribution in [1.29, 1.82) is 0 Å². The lowest BCUT2D eigenvalue weighted by molar-refractivity contribution is 0.583. The Morgan fingerprint density at radius 2 is 1.03 bits per heavy atom. The average Bonchev–Trinajstić information content (AvgIpc) is 3.31. The highest BCUT2D eigenvalue weighted by molar-refractivity contribution is 7.07. The van der Waals surface area contributed by atoms with Gasteiger partial charge in [-0.3, -0.25) is 0 Å². The average molecular weight is 495 g/mol. The summed E-state index contributed by atoms with van der Waals surface area (Å²) in [6.07, 6.45) is 26.6. The summed E-state index contributed by atoms with van der Waals surface area (Å²) in [6, 6.07) is 2.24. The van der Waals surface area contributed by atoms with Crippen molar-refractivity contribution < 1.29 is 0 Å². The molecule has 0 N–H and O–H groups in total. The molecule has 0 aliphatic rings.